The molecular weight excluding hydrogens is 378 g/mol. The van der Waals surface area contributed by atoms with Gasteiger partial charge in [-0.2, -0.15) is 9.61 Å². The van der Waals surface area contributed by atoms with Crippen LogP contribution in [0.15, 0.2) is 41.0 Å². The number of anilines is 1. The average molecular weight is 395 g/mol. The van der Waals surface area contributed by atoms with Crippen molar-refractivity contribution >= 4 is 39.0 Å². The van der Waals surface area contributed by atoms with E-state index in [1.165, 1.54) is 0 Å². The van der Waals surface area contributed by atoms with Gasteiger partial charge < -0.3 is 10.6 Å². The highest BCUT2D eigenvalue weighted by Crippen LogP contribution is 2.30. The number of benzene rings is 1. The van der Waals surface area contributed by atoms with E-state index in [2.05, 4.69) is 36.6 Å². The van der Waals surface area contributed by atoms with E-state index in [1.54, 1.807) is 10.7 Å². The summed E-state index contributed by atoms with van der Waals surface area (Å²) >= 11 is 9.82. The van der Waals surface area contributed by atoms with Crippen molar-refractivity contribution in [3.05, 3.63) is 46.0 Å². The maximum Gasteiger partial charge on any atom is 0.172 e. The van der Waals surface area contributed by atoms with Crippen molar-refractivity contribution in [3.8, 4) is 11.3 Å². The molecule has 0 bridgehead atoms. The predicted octanol–water partition coefficient (Wildman–Crippen LogP) is 3.83. The normalized spacial score (nSPS) is 11.1. The summed E-state index contributed by atoms with van der Waals surface area (Å²) in [5, 5.41) is 11.6. The van der Waals surface area contributed by atoms with Gasteiger partial charge in [0, 0.05) is 23.2 Å². The third kappa shape index (κ3) is 3.49. The van der Waals surface area contributed by atoms with Crippen LogP contribution in [0.4, 0.5) is 5.82 Å². The van der Waals surface area contributed by atoms with Crippen molar-refractivity contribution in [2.45, 2.75) is 6.42 Å². The van der Waals surface area contributed by atoms with Crippen LogP contribution in [0.3, 0.4) is 0 Å². The Morgan fingerprint density at radius 2 is 2.09 bits per heavy atom. The first-order chi connectivity index (χ1) is 11.2. The molecular formula is C16H17BrClN5. The quantitative estimate of drug-likeness (QED) is 0.624. The van der Waals surface area contributed by atoms with E-state index in [-0.39, 0.29) is 0 Å². The fourth-order valence-electron chi connectivity index (χ4n) is 2.35. The molecule has 5 nitrogen and oxygen atoms in total. The number of hydrogen-bond acceptors (Lipinski definition) is 4. The average Bonchev–Trinajstić information content (AvgIpc) is 2.93. The molecule has 120 valence electrons. The molecule has 0 fully saturated rings. The lowest BCUT2D eigenvalue weighted by Gasteiger charge is -2.11. The second-order valence-corrected chi connectivity index (χ2v) is 6.38. The van der Waals surface area contributed by atoms with Gasteiger partial charge in [0.2, 0.25) is 0 Å². The van der Waals surface area contributed by atoms with E-state index < -0.39 is 0 Å². The summed E-state index contributed by atoms with van der Waals surface area (Å²) in [7, 11) is 1.95. The number of aromatic nitrogens is 3. The Kier molecular flexibility index (Phi) is 5.15. The van der Waals surface area contributed by atoms with Gasteiger partial charge in [-0.05, 0) is 42.0 Å². The second kappa shape index (κ2) is 7.29. The van der Waals surface area contributed by atoms with Crippen molar-refractivity contribution in [2.75, 3.05) is 25.5 Å². The third-order valence-electron chi connectivity index (χ3n) is 3.49. The Morgan fingerprint density at radius 3 is 2.87 bits per heavy atom. The fraction of sp³-hybridized carbons (Fsp3) is 0.250. The lowest BCUT2D eigenvalue weighted by molar-refractivity contribution is 0.744. The first-order valence-electron chi connectivity index (χ1n) is 7.38. The van der Waals surface area contributed by atoms with Crippen molar-refractivity contribution in [2.24, 2.45) is 0 Å². The number of fused-ring (bicyclic) bond motifs is 1. The van der Waals surface area contributed by atoms with Gasteiger partial charge in [0.1, 0.15) is 5.82 Å². The van der Waals surface area contributed by atoms with Crippen LogP contribution in [-0.2, 0) is 0 Å². The summed E-state index contributed by atoms with van der Waals surface area (Å²) in [5.74, 6) is 0.895. The zero-order valence-corrected chi connectivity index (χ0v) is 15.0. The van der Waals surface area contributed by atoms with Gasteiger partial charge in [-0.3, -0.25) is 0 Å². The lowest BCUT2D eigenvalue weighted by atomic mass is 10.1. The molecule has 0 spiro atoms. The topological polar surface area (TPSA) is 54.2 Å². The number of hydrogen-bond donors (Lipinski definition) is 2. The predicted molar refractivity (Wildman–Crippen MR) is 98.2 cm³/mol. The van der Waals surface area contributed by atoms with Crippen LogP contribution in [0.2, 0.25) is 5.02 Å². The Labute approximate surface area is 148 Å². The zero-order valence-electron chi connectivity index (χ0n) is 12.7. The third-order valence-corrected chi connectivity index (χ3v) is 4.38. The van der Waals surface area contributed by atoms with Crippen molar-refractivity contribution in [1.29, 1.82) is 0 Å². The van der Waals surface area contributed by atoms with E-state index in [0.29, 0.717) is 5.02 Å². The minimum atomic E-state index is 0.682. The van der Waals surface area contributed by atoms with Gasteiger partial charge in [-0.1, -0.05) is 29.8 Å². The maximum absolute atomic E-state index is 6.32. The van der Waals surface area contributed by atoms with Gasteiger partial charge in [-0.25, -0.2) is 4.98 Å². The smallest absolute Gasteiger partial charge is 0.172 e. The van der Waals surface area contributed by atoms with E-state index in [0.717, 1.165) is 46.7 Å². The number of nitrogens with zero attached hydrogens (tertiary/aromatic N) is 3. The molecule has 0 unspecified atom stereocenters. The van der Waals surface area contributed by atoms with Gasteiger partial charge in [-0.15, -0.1) is 0 Å². The molecule has 0 saturated heterocycles. The Bertz CT molecular complexity index is 817. The van der Waals surface area contributed by atoms with Crippen molar-refractivity contribution in [1.82, 2.24) is 19.9 Å². The van der Waals surface area contributed by atoms with E-state index in [9.17, 15) is 0 Å². The molecule has 0 radical (unpaired) electrons. The van der Waals surface area contributed by atoms with E-state index >= 15 is 0 Å². The first-order valence-corrected chi connectivity index (χ1v) is 8.55. The van der Waals surface area contributed by atoms with Crippen LogP contribution in [-0.4, -0.2) is 34.7 Å². The summed E-state index contributed by atoms with van der Waals surface area (Å²) in [4.78, 5) is 4.69. The van der Waals surface area contributed by atoms with Crippen molar-refractivity contribution in [3.63, 3.8) is 0 Å². The fourth-order valence-corrected chi connectivity index (χ4v) is 2.93. The second-order valence-electron chi connectivity index (χ2n) is 5.12. The molecule has 23 heavy (non-hydrogen) atoms. The van der Waals surface area contributed by atoms with Gasteiger partial charge in [0.15, 0.2) is 5.65 Å². The maximum atomic E-state index is 6.32. The molecule has 3 aromatic rings. The molecule has 0 aliphatic rings. The molecule has 3 rings (SSSR count). The largest absolute Gasteiger partial charge is 0.370 e. The highest BCUT2D eigenvalue weighted by Gasteiger charge is 2.12. The monoisotopic (exact) mass is 393 g/mol. The Morgan fingerprint density at radius 1 is 1.26 bits per heavy atom. The summed E-state index contributed by atoms with van der Waals surface area (Å²) < 4.78 is 2.65. The molecule has 1 aromatic carbocycles. The van der Waals surface area contributed by atoms with Crippen LogP contribution >= 0.6 is 27.5 Å². The summed E-state index contributed by atoms with van der Waals surface area (Å²) in [6.45, 7) is 1.81. The molecule has 2 aromatic heterocycles. The van der Waals surface area contributed by atoms with Crippen LogP contribution < -0.4 is 10.6 Å². The molecule has 0 aliphatic carbocycles. The van der Waals surface area contributed by atoms with Crippen LogP contribution in [0.25, 0.3) is 16.9 Å². The Hall–Kier alpha value is -1.63. The molecule has 0 amide bonds. The first kappa shape index (κ1) is 16.2. The number of halogens is 2. The molecule has 2 N–H and O–H groups in total. The minimum absolute atomic E-state index is 0.682. The molecule has 0 aliphatic heterocycles. The highest BCUT2D eigenvalue weighted by molar-refractivity contribution is 9.10. The molecule has 0 atom stereocenters. The highest BCUT2D eigenvalue weighted by atomic mass is 79.9. The summed E-state index contributed by atoms with van der Waals surface area (Å²) in [5.41, 5.74) is 2.49. The number of nitrogens with one attached hydrogen (secondary N) is 2. The Balaban J connectivity index is 2.02. The zero-order chi connectivity index (χ0) is 16.2. The van der Waals surface area contributed by atoms with E-state index in [1.807, 2.05) is 37.4 Å². The standard InChI is InChI=1S/C16H17BrClN5/c1-19-7-4-8-20-15-9-14(11-5-2-3-6-13(11)18)22-16-12(17)10-21-23(15)16/h2-3,5-6,9-10,19-20H,4,7-8H2,1H3. The molecule has 7 heteroatoms. The van der Waals surface area contributed by atoms with Crippen LogP contribution in [0.1, 0.15) is 6.42 Å². The summed E-state index contributed by atoms with van der Waals surface area (Å²) in [6.07, 6.45) is 2.77. The molecule has 2 heterocycles. The lowest BCUT2D eigenvalue weighted by Crippen LogP contribution is -2.14. The van der Waals surface area contributed by atoms with Crippen LogP contribution in [0, 0.1) is 0 Å². The number of rotatable bonds is 6. The van der Waals surface area contributed by atoms with Gasteiger partial charge in [0.25, 0.3) is 0 Å². The van der Waals surface area contributed by atoms with Gasteiger partial charge in [0.05, 0.1) is 16.4 Å². The summed E-state index contributed by atoms with van der Waals surface area (Å²) in [6, 6.07) is 9.69. The van der Waals surface area contributed by atoms with Gasteiger partial charge >= 0.3 is 0 Å². The SMILES string of the molecule is CNCCCNc1cc(-c2ccccc2Cl)nc2c(Br)cnn12. The van der Waals surface area contributed by atoms with E-state index in [4.69, 9.17) is 11.6 Å². The van der Waals surface area contributed by atoms with Crippen LogP contribution in [0.5, 0.6) is 0 Å². The minimum Gasteiger partial charge on any atom is -0.370 e. The van der Waals surface area contributed by atoms with Crippen molar-refractivity contribution < 1.29 is 0 Å². The molecule has 0 saturated carbocycles.